The van der Waals surface area contributed by atoms with E-state index >= 15 is 0 Å². The number of fused-ring (bicyclic) bond motifs is 1. The van der Waals surface area contributed by atoms with E-state index in [0.29, 0.717) is 28.4 Å². The lowest BCUT2D eigenvalue weighted by Gasteiger charge is -2.36. The van der Waals surface area contributed by atoms with Crippen LogP contribution in [0.4, 0.5) is 11.4 Å². The fourth-order valence-corrected chi connectivity index (χ4v) is 7.99. The normalized spacial score (nSPS) is 21.5. The zero-order valence-corrected chi connectivity index (χ0v) is 31.3. The van der Waals surface area contributed by atoms with Gasteiger partial charge in [-0.3, -0.25) is 39.1 Å². The van der Waals surface area contributed by atoms with Crippen LogP contribution >= 0.6 is 11.6 Å². The van der Waals surface area contributed by atoms with E-state index in [2.05, 4.69) is 31.8 Å². The van der Waals surface area contributed by atoms with Gasteiger partial charge in [-0.25, -0.2) is 0 Å². The Morgan fingerprint density at radius 1 is 0.873 bits per heavy atom. The van der Waals surface area contributed by atoms with E-state index in [0.717, 1.165) is 87.5 Å². The first-order valence-electron chi connectivity index (χ1n) is 19.0. The molecule has 1 atom stereocenters. The van der Waals surface area contributed by atoms with Gasteiger partial charge in [0.2, 0.25) is 11.8 Å². The van der Waals surface area contributed by atoms with Crippen molar-refractivity contribution in [3.05, 3.63) is 87.9 Å². The van der Waals surface area contributed by atoms with E-state index in [9.17, 15) is 24.0 Å². The number of hydrogen-bond acceptors (Lipinski definition) is 10. The first-order chi connectivity index (χ1) is 26.7. The molecular formula is C41H44ClN7O6. The van der Waals surface area contributed by atoms with Crippen molar-refractivity contribution in [2.45, 2.75) is 69.6 Å². The van der Waals surface area contributed by atoms with Gasteiger partial charge in [0.1, 0.15) is 17.9 Å². The number of imide groups is 2. The van der Waals surface area contributed by atoms with E-state index in [1.807, 2.05) is 24.3 Å². The number of benzene rings is 3. The summed E-state index contributed by atoms with van der Waals surface area (Å²) in [5, 5.41) is 18.2. The summed E-state index contributed by atoms with van der Waals surface area (Å²) in [7, 11) is 0. The molecule has 1 saturated carbocycles. The van der Waals surface area contributed by atoms with Gasteiger partial charge in [-0.05, 0) is 106 Å². The summed E-state index contributed by atoms with van der Waals surface area (Å²) < 4.78 is 6.08. The number of nitriles is 1. The highest BCUT2D eigenvalue weighted by molar-refractivity contribution is 6.31. The Kier molecular flexibility index (Phi) is 11.6. The molecule has 13 nitrogen and oxygen atoms in total. The third-order valence-corrected chi connectivity index (χ3v) is 11.2. The van der Waals surface area contributed by atoms with Crippen molar-refractivity contribution in [3.8, 4) is 11.8 Å². The second-order valence-corrected chi connectivity index (χ2v) is 14.9. The highest BCUT2D eigenvalue weighted by Gasteiger charge is 2.44. The third-order valence-electron chi connectivity index (χ3n) is 10.9. The number of carbonyl (C=O) groups excluding carboxylic acids is 5. The number of unbranched alkanes of at least 4 members (excludes halogenated alkanes) is 1. The molecule has 3 fully saturated rings. The number of hydrogen-bond donors (Lipinski definition) is 3. The molecule has 55 heavy (non-hydrogen) atoms. The van der Waals surface area contributed by atoms with Crippen molar-refractivity contribution >= 4 is 52.5 Å². The highest BCUT2D eigenvalue weighted by atomic mass is 35.5. The van der Waals surface area contributed by atoms with E-state index in [1.54, 1.807) is 36.4 Å². The molecule has 0 bridgehead atoms. The quantitative estimate of drug-likeness (QED) is 0.173. The SMILES string of the molecule is N#Cc1ccc(O[C@H]2CC[C@H](NC(=O)c3ccc(N4CCN(CCCCNc5ccc6c(c5)C(=O)N(C5CCC(=O)NC5=O)C6=O)CC4)cc3)CC2)cc1Cl. The van der Waals surface area contributed by atoms with E-state index in [1.165, 1.54) is 0 Å². The summed E-state index contributed by atoms with van der Waals surface area (Å²) in [5.41, 5.74) is 3.46. The predicted molar refractivity (Wildman–Crippen MR) is 206 cm³/mol. The molecule has 3 aliphatic heterocycles. The fraction of sp³-hybridized carbons (Fsp3) is 0.415. The van der Waals surface area contributed by atoms with Crippen molar-refractivity contribution in [2.24, 2.45) is 0 Å². The molecule has 0 radical (unpaired) electrons. The maximum Gasteiger partial charge on any atom is 0.262 e. The largest absolute Gasteiger partial charge is 0.490 e. The number of piperazine rings is 1. The predicted octanol–water partition coefficient (Wildman–Crippen LogP) is 4.75. The monoisotopic (exact) mass is 765 g/mol. The maximum atomic E-state index is 13.1. The van der Waals surface area contributed by atoms with E-state index in [4.69, 9.17) is 21.6 Å². The molecule has 1 unspecified atom stereocenters. The minimum atomic E-state index is -0.976. The summed E-state index contributed by atoms with van der Waals surface area (Å²) in [6.07, 6.45) is 5.49. The fourth-order valence-electron chi connectivity index (χ4n) is 7.77. The number of piperidine rings is 1. The zero-order chi connectivity index (χ0) is 38.5. The second-order valence-electron chi connectivity index (χ2n) is 14.5. The Hall–Kier alpha value is -5.45. The van der Waals surface area contributed by atoms with E-state index in [-0.39, 0.29) is 42.0 Å². The van der Waals surface area contributed by atoms with Gasteiger partial charge in [0.15, 0.2) is 0 Å². The Bertz CT molecular complexity index is 2000. The summed E-state index contributed by atoms with van der Waals surface area (Å²) in [6.45, 7) is 5.40. The van der Waals surface area contributed by atoms with Gasteiger partial charge in [-0.15, -0.1) is 0 Å². The molecule has 5 amide bonds. The molecule has 286 valence electrons. The van der Waals surface area contributed by atoms with Gasteiger partial charge in [0.05, 0.1) is 27.8 Å². The van der Waals surface area contributed by atoms with Crippen molar-refractivity contribution in [1.82, 2.24) is 20.4 Å². The molecule has 3 aromatic carbocycles. The molecular weight excluding hydrogens is 722 g/mol. The molecule has 7 rings (SSSR count). The van der Waals surface area contributed by atoms with Gasteiger partial charge in [-0.1, -0.05) is 11.6 Å². The average molecular weight is 766 g/mol. The Morgan fingerprint density at radius 2 is 1.62 bits per heavy atom. The van der Waals surface area contributed by atoms with Gasteiger partial charge in [0, 0.05) is 68.2 Å². The van der Waals surface area contributed by atoms with Crippen LogP contribution in [0.5, 0.6) is 5.75 Å². The number of halogens is 1. The Balaban J connectivity index is 0.784. The van der Waals surface area contributed by atoms with Crippen molar-refractivity contribution in [1.29, 1.82) is 5.26 Å². The maximum absolute atomic E-state index is 13.1. The number of anilines is 2. The number of nitrogens with one attached hydrogen (secondary N) is 3. The van der Waals surface area contributed by atoms with Crippen LogP contribution in [-0.2, 0) is 9.59 Å². The van der Waals surface area contributed by atoms with Crippen molar-refractivity contribution in [2.75, 3.05) is 49.5 Å². The third kappa shape index (κ3) is 8.77. The number of rotatable bonds is 12. The van der Waals surface area contributed by atoms with Gasteiger partial charge >= 0.3 is 0 Å². The molecule has 0 spiro atoms. The van der Waals surface area contributed by atoms with Crippen LogP contribution in [0.25, 0.3) is 0 Å². The second kappa shape index (κ2) is 16.9. The first-order valence-corrected chi connectivity index (χ1v) is 19.4. The molecule has 3 N–H and O–H groups in total. The van der Waals surface area contributed by atoms with E-state index < -0.39 is 29.7 Å². The lowest BCUT2D eigenvalue weighted by atomic mass is 9.92. The van der Waals surface area contributed by atoms with Crippen LogP contribution in [0.15, 0.2) is 60.7 Å². The molecule has 4 aliphatic rings. The number of nitrogens with zero attached hydrogens (tertiary/aromatic N) is 4. The number of amides is 5. The molecule has 14 heteroatoms. The van der Waals surface area contributed by atoms with Crippen LogP contribution in [0.3, 0.4) is 0 Å². The topological polar surface area (TPSA) is 164 Å². The molecule has 2 saturated heterocycles. The zero-order valence-electron chi connectivity index (χ0n) is 30.5. The molecule has 0 aromatic heterocycles. The van der Waals surface area contributed by atoms with Gasteiger partial charge < -0.3 is 20.3 Å². The Morgan fingerprint density at radius 3 is 2.33 bits per heavy atom. The lowest BCUT2D eigenvalue weighted by Crippen LogP contribution is -2.54. The van der Waals surface area contributed by atoms with Crippen LogP contribution in [0, 0.1) is 11.3 Å². The van der Waals surface area contributed by atoms with Crippen molar-refractivity contribution in [3.63, 3.8) is 0 Å². The first kappa shape index (κ1) is 37.8. The van der Waals surface area contributed by atoms with Crippen LogP contribution in [-0.4, -0.2) is 96.8 Å². The number of carbonyl (C=O) groups is 5. The minimum absolute atomic E-state index is 0.0445. The van der Waals surface area contributed by atoms with Crippen LogP contribution in [0.1, 0.15) is 88.0 Å². The standard InChI is InChI=1S/C41H44ClN7O6/c42-35-24-32(11-5-27(35)25-43)55-31-12-6-28(7-13-31)45-38(51)26-3-9-30(10-4-26)48-21-19-47(20-22-48)18-2-1-17-44-29-8-14-33-34(23-29)41(54)49(40(33)53)36-15-16-37(50)46-39(36)52/h3-5,8-11,14,23-24,28,31,36,44H,1-2,6-7,12-13,15-22H2,(H,45,51)(H,46,50,52)/t28-,31-,36?. The summed E-state index contributed by atoms with van der Waals surface area (Å²) in [6, 6.07) is 19.2. The molecule has 3 aromatic rings. The van der Waals surface area contributed by atoms with Crippen LogP contribution < -0.4 is 25.6 Å². The smallest absolute Gasteiger partial charge is 0.262 e. The Labute approximate surface area is 324 Å². The molecule has 3 heterocycles. The summed E-state index contributed by atoms with van der Waals surface area (Å²) in [4.78, 5) is 68.7. The summed E-state index contributed by atoms with van der Waals surface area (Å²) >= 11 is 6.14. The molecule has 1 aliphatic carbocycles. The van der Waals surface area contributed by atoms with Crippen molar-refractivity contribution < 1.29 is 28.7 Å². The summed E-state index contributed by atoms with van der Waals surface area (Å²) in [5.74, 6) is -1.44. The van der Waals surface area contributed by atoms with Gasteiger partial charge in [0.25, 0.3) is 17.7 Å². The average Bonchev–Trinajstić information content (AvgIpc) is 3.43. The van der Waals surface area contributed by atoms with Crippen LogP contribution in [0.2, 0.25) is 5.02 Å². The minimum Gasteiger partial charge on any atom is -0.490 e. The highest BCUT2D eigenvalue weighted by Crippen LogP contribution is 2.30. The van der Waals surface area contributed by atoms with Gasteiger partial charge in [-0.2, -0.15) is 5.26 Å². The number of ether oxygens (including phenoxy) is 1. The lowest BCUT2D eigenvalue weighted by molar-refractivity contribution is -0.136.